The summed E-state index contributed by atoms with van der Waals surface area (Å²) in [6, 6.07) is 0. The number of ether oxygens (including phenoxy) is 2. The molecule has 1 rings (SSSR count). The van der Waals surface area contributed by atoms with Crippen LogP contribution >= 0.6 is 0 Å². The molecule has 0 spiro atoms. The third-order valence-corrected chi connectivity index (χ3v) is 4.05. The molecule has 0 radical (unpaired) electrons. The number of methoxy groups -OCH3 is 1. The molecule has 5 nitrogen and oxygen atoms in total. The van der Waals surface area contributed by atoms with Crippen molar-refractivity contribution in [2.24, 2.45) is 17.3 Å². The minimum Gasteiger partial charge on any atom is -0.469 e. The van der Waals surface area contributed by atoms with Gasteiger partial charge < -0.3 is 14.4 Å². The van der Waals surface area contributed by atoms with E-state index in [-0.39, 0.29) is 29.3 Å². The molecule has 0 bridgehead atoms. The Morgan fingerprint density at radius 3 is 1.91 bits per heavy atom. The van der Waals surface area contributed by atoms with Crippen molar-refractivity contribution in [2.45, 2.75) is 60.0 Å². The van der Waals surface area contributed by atoms with Gasteiger partial charge in [0.25, 0.3) is 0 Å². The first kappa shape index (κ1) is 18.8. The van der Waals surface area contributed by atoms with Crippen molar-refractivity contribution in [2.75, 3.05) is 20.2 Å². The topological polar surface area (TPSA) is 55.8 Å². The van der Waals surface area contributed by atoms with Crippen molar-refractivity contribution in [1.82, 2.24) is 4.90 Å². The molecule has 0 N–H and O–H groups in total. The average Bonchev–Trinajstić information content (AvgIpc) is 2.35. The molecule has 1 aliphatic rings. The molecular weight excluding hydrogens is 282 g/mol. The summed E-state index contributed by atoms with van der Waals surface area (Å²) in [5, 5.41) is 0. The second kappa shape index (κ2) is 6.88. The molecule has 128 valence electrons. The quantitative estimate of drug-likeness (QED) is 0.733. The summed E-state index contributed by atoms with van der Waals surface area (Å²) < 4.78 is 10.4. The highest BCUT2D eigenvalue weighted by Gasteiger charge is 2.41. The summed E-state index contributed by atoms with van der Waals surface area (Å²) in [4.78, 5) is 26.0. The van der Waals surface area contributed by atoms with Crippen molar-refractivity contribution in [3.05, 3.63) is 0 Å². The van der Waals surface area contributed by atoms with Gasteiger partial charge in [-0.1, -0.05) is 20.8 Å². The van der Waals surface area contributed by atoms with Gasteiger partial charge in [0.2, 0.25) is 0 Å². The minimum absolute atomic E-state index is 0.140. The number of rotatable bonds is 2. The average molecular weight is 313 g/mol. The van der Waals surface area contributed by atoms with E-state index >= 15 is 0 Å². The Balaban J connectivity index is 2.67. The summed E-state index contributed by atoms with van der Waals surface area (Å²) in [5.41, 5.74) is -0.625. The van der Waals surface area contributed by atoms with E-state index in [1.807, 2.05) is 20.8 Å². The van der Waals surface area contributed by atoms with Gasteiger partial charge in [0.1, 0.15) is 5.60 Å². The van der Waals surface area contributed by atoms with E-state index in [4.69, 9.17) is 9.47 Å². The van der Waals surface area contributed by atoms with Crippen LogP contribution in [0.25, 0.3) is 0 Å². The number of nitrogens with zero attached hydrogens (tertiary/aromatic N) is 1. The number of carbonyl (C=O) groups is 2. The van der Waals surface area contributed by atoms with E-state index in [2.05, 4.69) is 20.8 Å². The van der Waals surface area contributed by atoms with E-state index < -0.39 is 5.60 Å². The normalized spacial score (nSPS) is 18.8. The maximum Gasteiger partial charge on any atom is 0.410 e. The first-order chi connectivity index (χ1) is 9.95. The second-order valence-electron chi connectivity index (χ2n) is 8.17. The van der Waals surface area contributed by atoms with Crippen LogP contribution in [0.2, 0.25) is 0 Å². The molecule has 1 amide bonds. The van der Waals surface area contributed by atoms with Crippen LogP contribution in [0, 0.1) is 17.3 Å². The van der Waals surface area contributed by atoms with Crippen LogP contribution in [0.3, 0.4) is 0 Å². The Labute approximate surface area is 134 Å². The lowest BCUT2D eigenvalue weighted by molar-refractivity contribution is -0.153. The van der Waals surface area contributed by atoms with E-state index in [0.717, 1.165) is 12.8 Å². The molecule has 1 atom stereocenters. The minimum atomic E-state index is -0.478. The molecule has 1 heterocycles. The Morgan fingerprint density at radius 1 is 1.05 bits per heavy atom. The predicted molar refractivity (Wildman–Crippen MR) is 85.5 cm³/mol. The van der Waals surface area contributed by atoms with E-state index in [1.54, 1.807) is 4.90 Å². The van der Waals surface area contributed by atoms with Gasteiger partial charge in [-0.15, -0.1) is 0 Å². The van der Waals surface area contributed by atoms with Crippen LogP contribution in [0.5, 0.6) is 0 Å². The first-order valence-electron chi connectivity index (χ1n) is 8.01. The predicted octanol–water partition coefficient (Wildman–Crippen LogP) is 3.47. The summed E-state index contributed by atoms with van der Waals surface area (Å²) >= 11 is 0. The molecule has 0 aromatic carbocycles. The van der Waals surface area contributed by atoms with Crippen LogP contribution in [-0.2, 0) is 14.3 Å². The molecule has 1 saturated heterocycles. The molecule has 0 aliphatic carbocycles. The van der Waals surface area contributed by atoms with E-state index in [1.165, 1.54) is 7.11 Å². The number of likely N-dealkylation sites (tertiary alicyclic amines) is 1. The fraction of sp³-hybridized carbons (Fsp3) is 0.882. The Morgan fingerprint density at radius 2 is 1.55 bits per heavy atom. The molecule has 1 aliphatic heterocycles. The van der Waals surface area contributed by atoms with Crippen LogP contribution in [0.1, 0.15) is 54.4 Å². The van der Waals surface area contributed by atoms with Gasteiger partial charge in [0.05, 0.1) is 13.0 Å². The Kier molecular flexibility index (Phi) is 5.88. The number of hydrogen-bond acceptors (Lipinski definition) is 4. The van der Waals surface area contributed by atoms with Crippen LogP contribution < -0.4 is 0 Å². The number of piperidine rings is 1. The molecule has 0 aromatic heterocycles. The van der Waals surface area contributed by atoms with Crippen molar-refractivity contribution in [1.29, 1.82) is 0 Å². The third kappa shape index (κ3) is 5.18. The summed E-state index contributed by atoms with van der Waals surface area (Å²) in [7, 11) is 1.44. The van der Waals surface area contributed by atoms with Gasteiger partial charge in [-0.3, -0.25) is 4.79 Å². The molecule has 5 heteroatoms. The molecule has 0 aromatic rings. The molecule has 1 fully saturated rings. The number of carbonyl (C=O) groups excluding carboxylic acids is 2. The van der Waals surface area contributed by atoms with Gasteiger partial charge in [-0.05, 0) is 44.9 Å². The molecule has 22 heavy (non-hydrogen) atoms. The fourth-order valence-electron chi connectivity index (χ4n) is 3.12. The fourth-order valence-corrected chi connectivity index (χ4v) is 3.12. The summed E-state index contributed by atoms with van der Waals surface area (Å²) in [6.07, 6.45) is 1.34. The number of hydrogen-bond donors (Lipinski definition) is 0. The monoisotopic (exact) mass is 313 g/mol. The van der Waals surface area contributed by atoms with Crippen molar-refractivity contribution < 1.29 is 19.1 Å². The lowest BCUT2D eigenvalue weighted by atomic mass is 9.70. The van der Waals surface area contributed by atoms with Gasteiger partial charge >= 0.3 is 12.1 Å². The van der Waals surface area contributed by atoms with Crippen molar-refractivity contribution in [3.8, 4) is 0 Å². The van der Waals surface area contributed by atoms with E-state index in [0.29, 0.717) is 13.1 Å². The third-order valence-electron chi connectivity index (χ3n) is 4.05. The Hall–Kier alpha value is -1.26. The van der Waals surface area contributed by atoms with Gasteiger partial charge in [0.15, 0.2) is 0 Å². The van der Waals surface area contributed by atoms with Crippen molar-refractivity contribution in [3.63, 3.8) is 0 Å². The van der Waals surface area contributed by atoms with Gasteiger partial charge in [-0.2, -0.15) is 0 Å². The molecule has 1 unspecified atom stereocenters. The first-order valence-corrected chi connectivity index (χ1v) is 8.01. The molecular formula is C17H31NO4. The summed E-state index contributed by atoms with van der Waals surface area (Å²) in [5.74, 6) is -0.0485. The maximum absolute atomic E-state index is 12.1. The maximum atomic E-state index is 12.1. The Bertz CT molecular complexity index is 398. The highest BCUT2D eigenvalue weighted by Crippen LogP contribution is 2.38. The number of esters is 1. The lowest BCUT2D eigenvalue weighted by Gasteiger charge is -2.40. The lowest BCUT2D eigenvalue weighted by Crippen LogP contribution is -2.46. The molecule has 0 saturated carbocycles. The number of amides is 1. The van der Waals surface area contributed by atoms with Crippen molar-refractivity contribution >= 4 is 12.1 Å². The zero-order chi connectivity index (χ0) is 17.1. The SMILES string of the molecule is COC(=O)C(C1CCN(C(=O)OC(C)(C)C)CC1)C(C)(C)C. The van der Waals surface area contributed by atoms with Crippen LogP contribution in [-0.4, -0.2) is 42.8 Å². The zero-order valence-electron chi connectivity index (χ0n) is 15.1. The largest absolute Gasteiger partial charge is 0.469 e. The second-order valence-corrected chi connectivity index (χ2v) is 8.17. The van der Waals surface area contributed by atoms with Crippen LogP contribution in [0.4, 0.5) is 4.79 Å². The smallest absolute Gasteiger partial charge is 0.410 e. The highest BCUT2D eigenvalue weighted by atomic mass is 16.6. The van der Waals surface area contributed by atoms with Gasteiger partial charge in [-0.25, -0.2) is 4.79 Å². The standard InChI is InChI=1S/C17H31NO4/c1-16(2,3)13(14(19)21-7)12-8-10-18(11-9-12)15(20)22-17(4,5)6/h12-13H,8-11H2,1-7H3. The zero-order valence-corrected chi connectivity index (χ0v) is 15.1. The highest BCUT2D eigenvalue weighted by molar-refractivity contribution is 5.73. The van der Waals surface area contributed by atoms with Crippen LogP contribution in [0.15, 0.2) is 0 Å². The van der Waals surface area contributed by atoms with Gasteiger partial charge in [0, 0.05) is 13.1 Å². The summed E-state index contributed by atoms with van der Waals surface area (Å²) in [6.45, 7) is 13.0. The van der Waals surface area contributed by atoms with E-state index in [9.17, 15) is 9.59 Å².